The minimum absolute atomic E-state index is 0.00906. The van der Waals surface area contributed by atoms with Crippen molar-refractivity contribution in [2.45, 2.75) is 77.4 Å². The Kier molecular flexibility index (Phi) is 8.70. The van der Waals surface area contributed by atoms with Crippen LogP contribution >= 0.6 is 15.9 Å². The monoisotopic (exact) mass is 484 g/mol. The van der Waals surface area contributed by atoms with Crippen LogP contribution in [0.25, 0.3) is 0 Å². The Bertz CT molecular complexity index is 858. The maximum absolute atomic E-state index is 13.2. The Morgan fingerprint density at radius 1 is 1.00 bits per heavy atom. The normalized spacial score (nSPS) is 15.3. The van der Waals surface area contributed by atoms with E-state index in [0.717, 1.165) is 41.3 Å². The number of nitrogens with zero attached hydrogens (tertiary/aromatic N) is 1. The number of carbonyl (C=O) groups excluding carboxylic acids is 2. The van der Waals surface area contributed by atoms with Gasteiger partial charge in [-0.25, -0.2) is 0 Å². The van der Waals surface area contributed by atoms with Gasteiger partial charge in [0.25, 0.3) is 0 Å². The van der Waals surface area contributed by atoms with Crippen LogP contribution in [0.5, 0.6) is 0 Å². The molecule has 5 heteroatoms. The molecule has 166 valence electrons. The van der Waals surface area contributed by atoms with E-state index in [0.29, 0.717) is 19.4 Å². The van der Waals surface area contributed by atoms with Gasteiger partial charge in [0.2, 0.25) is 11.8 Å². The number of hydrogen-bond donors (Lipinski definition) is 1. The highest BCUT2D eigenvalue weighted by molar-refractivity contribution is 9.10. The van der Waals surface area contributed by atoms with E-state index in [-0.39, 0.29) is 17.9 Å². The van der Waals surface area contributed by atoms with Gasteiger partial charge in [0.05, 0.1) is 0 Å². The van der Waals surface area contributed by atoms with E-state index in [4.69, 9.17) is 0 Å². The summed E-state index contributed by atoms with van der Waals surface area (Å²) in [5.41, 5.74) is 3.37. The third kappa shape index (κ3) is 7.20. The Morgan fingerprint density at radius 3 is 2.26 bits per heavy atom. The van der Waals surface area contributed by atoms with E-state index >= 15 is 0 Å². The van der Waals surface area contributed by atoms with E-state index < -0.39 is 6.04 Å². The molecule has 1 saturated carbocycles. The van der Waals surface area contributed by atoms with Crippen LogP contribution in [0.3, 0.4) is 0 Å². The molecule has 3 rings (SSSR count). The Labute approximate surface area is 194 Å². The maximum Gasteiger partial charge on any atom is 0.242 e. The van der Waals surface area contributed by atoms with Crippen LogP contribution in [0.2, 0.25) is 0 Å². The first-order chi connectivity index (χ1) is 14.9. The van der Waals surface area contributed by atoms with Gasteiger partial charge in [-0.05, 0) is 56.4 Å². The number of rotatable bonds is 8. The molecule has 0 aromatic heterocycles. The topological polar surface area (TPSA) is 49.4 Å². The highest BCUT2D eigenvalue weighted by atomic mass is 79.9. The van der Waals surface area contributed by atoms with Crippen molar-refractivity contribution in [2.75, 3.05) is 0 Å². The molecule has 1 atom stereocenters. The molecule has 0 bridgehead atoms. The maximum atomic E-state index is 13.2. The average molecular weight is 485 g/mol. The third-order valence-electron chi connectivity index (χ3n) is 6.13. The van der Waals surface area contributed by atoms with Gasteiger partial charge in [0.15, 0.2) is 0 Å². The first kappa shape index (κ1) is 23.5. The van der Waals surface area contributed by atoms with Crippen molar-refractivity contribution in [2.24, 2.45) is 0 Å². The molecule has 0 unspecified atom stereocenters. The highest BCUT2D eigenvalue weighted by Gasteiger charge is 2.27. The number of amides is 2. The molecule has 2 aromatic carbocycles. The Balaban J connectivity index is 1.69. The van der Waals surface area contributed by atoms with E-state index in [1.807, 2.05) is 31.2 Å². The van der Waals surface area contributed by atoms with Crippen molar-refractivity contribution in [3.05, 3.63) is 69.7 Å². The van der Waals surface area contributed by atoms with Crippen molar-refractivity contribution >= 4 is 27.7 Å². The van der Waals surface area contributed by atoms with Crippen molar-refractivity contribution in [1.82, 2.24) is 10.2 Å². The zero-order chi connectivity index (χ0) is 22.2. The van der Waals surface area contributed by atoms with Gasteiger partial charge in [-0.3, -0.25) is 9.59 Å². The molecule has 2 amide bonds. The second kappa shape index (κ2) is 11.5. The average Bonchev–Trinajstić information content (AvgIpc) is 2.78. The highest BCUT2D eigenvalue weighted by Crippen LogP contribution is 2.19. The first-order valence-corrected chi connectivity index (χ1v) is 12.1. The van der Waals surface area contributed by atoms with Crippen LogP contribution in [0.4, 0.5) is 0 Å². The second-order valence-corrected chi connectivity index (χ2v) is 9.57. The molecule has 1 aliphatic carbocycles. The van der Waals surface area contributed by atoms with Crippen molar-refractivity contribution in [1.29, 1.82) is 0 Å². The van der Waals surface area contributed by atoms with E-state index in [9.17, 15) is 9.59 Å². The number of halogens is 1. The first-order valence-electron chi connectivity index (χ1n) is 11.3. The van der Waals surface area contributed by atoms with E-state index in [1.165, 1.54) is 12.0 Å². The van der Waals surface area contributed by atoms with Gasteiger partial charge in [0, 0.05) is 23.5 Å². The summed E-state index contributed by atoms with van der Waals surface area (Å²) < 4.78 is 0.997. The molecular weight excluding hydrogens is 452 g/mol. The standard InChI is InChI=1S/C26H33BrN2O2/c1-19-8-10-21(11-9-19)14-17-25(30)29(18-22-12-15-23(27)16-13-22)20(2)26(31)28-24-6-4-3-5-7-24/h8-13,15-16,20,24H,3-7,14,17-18H2,1-2H3,(H,28,31)/t20-/m0/s1. The predicted octanol–water partition coefficient (Wildman–Crippen LogP) is 5.56. The summed E-state index contributed by atoms with van der Waals surface area (Å²) in [5.74, 6) is -0.0394. The van der Waals surface area contributed by atoms with Crippen LogP contribution in [0.15, 0.2) is 53.0 Å². The lowest BCUT2D eigenvalue weighted by Crippen LogP contribution is -2.50. The molecule has 4 nitrogen and oxygen atoms in total. The SMILES string of the molecule is Cc1ccc(CCC(=O)N(Cc2ccc(Br)cc2)[C@@H](C)C(=O)NC2CCCCC2)cc1. The fraction of sp³-hybridized carbons (Fsp3) is 0.462. The lowest BCUT2D eigenvalue weighted by Gasteiger charge is -2.31. The van der Waals surface area contributed by atoms with Gasteiger partial charge in [-0.2, -0.15) is 0 Å². The number of benzene rings is 2. The minimum atomic E-state index is -0.504. The number of aryl methyl sites for hydroxylation is 2. The summed E-state index contributed by atoms with van der Waals surface area (Å²) in [5, 5.41) is 3.19. The number of hydrogen-bond acceptors (Lipinski definition) is 2. The van der Waals surface area contributed by atoms with E-state index in [1.54, 1.807) is 4.90 Å². The molecule has 1 fully saturated rings. The summed E-state index contributed by atoms with van der Waals surface area (Å²) in [6, 6.07) is 15.9. The lowest BCUT2D eigenvalue weighted by atomic mass is 9.95. The van der Waals surface area contributed by atoms with Crippen LogP contribution in [0.1, 0.15) is 62.1 Å². The van der Waals surface area contributed by atoms with Gasteiger partial charge in [-0.15, -0.1) is 0 Å². The van der Waals surface area contributed by atoms with E-state index in [2.05, 4.69) is 52.4 Å². The van der Waals surface area contributed by atoms with Crippen molar-refractivity contribution < 1.29 is 9.59 Å². The third-order valence-corrected chi connectivity index (χ3v) is 6.66. The van der Waals surface area contributed by atoms with Gasteiger partial charge in [-0.1, -0.05) is 77.2 Å². The summed E-state index contributed by atoms with van der Waals surface area (Å²) in [4.78, 5) is 28.0. The molecule has 0 saturated heterocycles. The molecule has 1 N–H and O–H groups in total. The van der Waals surface area contributed by atoms with Crippen molar-refractivity contribution in [3.8, 4) is 0 Å². The molecular formula is C26H33BrN2O2. The summed E-state index contributed by atoms with van der Waals surface area (Å²) in [7, 11) is 0. The molecule has 31 heavy (non-hydrogen) atoms. The zero-order valence-corrected chi connectivity index (χ0v) is 20.2. The largest absolute Gasteiger partial charge is 0.352 e. The van der Waals surface area contributed by atoms with Crippen LogP contribution in [-0.2, 0) is 22.6 Å². The Morgan fingerprint density at radius 2 is 1.61 bits per heavy atom. The summed E-state index contributed by atoms with van der Waals surface area (Å²) in [6.07, 6.45) is 6.70. The summed E-state index contributed by atoms with van der Waals surface area (Å²) >= 11 is 3.46. The van der Waals surface area contributed by atoms with Crippen LogP contribution in [0, 0.1) is 6.92 Å². The molecule has 1 aliphatic rings. The molecule has 2 aromatic rings. The van der Waals surface area contributed by atoms with Crippen LogP contribution in [-0.4, -0.2) is 28.8 Å². The predicted molar refractivity (Wildman–Crippen MR) is 129 cm³/mol. The summed E-state index contributed by atoms with van der Waals surface area (Å²) in [6.45, 7) is 4.33. The van der Waals surface area contributed by atoms with Crippen LogP contribution < -0.4 is 5.32 Å². The van der Waals surface area contributed by atoms with Gasteiger partial charge < -0.3 is 10.2 Å². The molecule has 0 radical (unpaired) electrons. The fourth-order valence-corrected chi connectivity index (χ4v) is 4.35. The quantitative estimate of drug-likeness (QED) is 0.533. The minimum Gasteiger partial charge on any atom is -0.352 e. The molecule has 0 heterocycles. The number of nitrogens with one attached hydrogen (secondary N) is 1. The fourth-order valence-electron chi connectivity index (χ4n) is 4.09. The Hall–Kier alpha value is -2.14. The van der Waals surface area contributed by atoms with Crippen molar-refractivity contribution in [3.63, 3.8) is 0 Å². The number of carbonyl (C=O) groups is 2. The smallest absolute Gasteiger partial charge is 0.242 e. The zero-order valence-electron chi connectivity index (χ0n) is 18.6. The van der Waals surface area contributed by atoms with Gasteiger partial charge in [0.1, 0.15) is 6.04 Å². The van der Waals surface area contributed by atoms with Gasteiger partial charge >= 0.3 is 0 Å². The lowest BCUT2D eigenvalue weighted by molar-refractivity contribution is -0.141. The molecule has 0 spiro atoms. The molecule has 0 aliphatic heterocycles. The second-order valence-electron chi connectivity index (χ2n) is 8.65.